The molecular formula is C19H28N8S. The van der Waals surface area contributed by atoms with Crippen LogP contribution < -0.4 is 15.1 Å². The van der Waals surface area contributed by atoms with Crippen molar-refractivity contribution in [3.8, 4) is 0 Å². The molecule has 8 nitrogen and oxygen atoms in total. The maximum absolute atomic E-state index is 4.80. The molecule has 0 atom stereocenters. The minimum atomic E-state index is 0.808. The van der Waals surface area contributed by atoms with Crippen molar-refractivity contribution in [2.75, 3.05) is 62.7 Å². The lowest BCUT2D eigenvalue weighted by atomic mass is 10.3. The third kappa shape index (κ3) is 4.52. The Balaban J connectivity index is 1.23. The summed E-state index contributed by atoms with van der Waals surface area (Å²) in [5.74, 6) is 1.77. The first-order valence-electron chi connectivity index (χ1n) is 10.0. The van der Waals surface area contributed by atoms with Crippen molar-refractivity contribution < 1.29 is 0 Å². The predicted octanol–water partition coefficient (Wildman–Crippen LogP) is 1.47. The number of aromatic nitrogens is 3. The lowest BCUT2D eigenvalue weighted by Crippen LogP contribution is -2.53. The molecule has 9 heteroatoms. The molecule has 0 spiro atoms. The number of nitrogens with one attached hydrogen (secondary N) is 1. The second-order valence-electron chi connectivity index (χ2n) is 7.06. The average Bonchev–Trinajstić information content (AvgIpc) is 3.44. The number of anilines is 2. The average molecular weight is 401 g/mol. The zero-order chi connectivity index (χ0) is 19.2. The van der Waals surface area contributed by atoms with Crippen LogP contribution in [0.1, 0.15) is 18.5 Å². The molecule has 0 unspecified atom stereocenters. The first kappa shape index (κ1) is 18.9. The zero-order valence-electron chi connectivity index (χ0n) is 16.4. The summed E-state index contributed by atoms with van der Waals surface area (Å²) < 4.78 is 0. The van der Waals surface area contributed by atoms with Crippen molar-refractivity contribution in [2.24, 2.45) is 4.99 Å². The standard InChI is InChI=1S/C19H28N8S/c1-20-17(25-11-13-26(14-12-25)18-21-6-4-7-22-18)23-8-5-16-15-28-19(24-16)27-9-2-3-10-27/h4,6-7,15H,2-3,5,8-14H2,1H3,(H,20,23). The molecule has 0 bridgehead atoms. The van der Waals surface area contributed by atoms with E-state index in [1.54, 1.807) is 23.7 Å². The number of rotatable bonds is 5. The predicted molar refractivity (Wildman–Crippen MR) is 114 cm³/mol. The second-order valence-corrected chi connectivity index (χ2v) is 7.90. The van der Waals surface area contributed by atoms with Gasteiger partial charge in [0, 0.05) is 77.1 Å². The fraction of sp³-hybridized carbons (Fsp3) is 0.579. The van der Waals surface area contributed by atoms with Crippen LogP contribution in [0.5, 0.6) is 0 Å². The van der Waals surface area contributed by atoms with Crippen LogP contribution in [0.3, 0.4) is 0 Å². The summed E-state index contributed by atoms with van der Waals surface area (Å²) in [5, 5.41) is 6.87. The summed E-state index contributed by atoms with van der Waals surface area (Å²) in [7, 11) is 1.85. The van der Waals surface area contributed by atoms with Gasteiger partial charge in [-0.15, -0.1) is 11.3 Å². The van der Waals surface area contributed by atoms with Gasteiger partial charge in [0.05, 0.1) is 5.69 Å². The van der Waals surface area contributed by atoms with E-state index in [9.17, 15) is 0 Å². The molecule has 2 aliphatic heterocycles. The molecule has 0 aliphatic carbocycles. The van der Waals surface area contributed by atoms with Crippen LogP contribution in [-0.4, -0.2) is 78.7 Å². The molecule has 2 aromatic heterocycles. The van der Waals surface area contributed by atoms with Crippen LogP contribution in [0.15, 0.2) is 28.8 Å². The first-order valence-corrected chi connectivity index (χ1v) is 10.9. The highest BCUT2D eigenvalue weighted by atomic mass is 32.1. The summed E-state index contributed by atoms with van der Waals surface area (Å²) in [6, 6.07) is 1.85. The molecule has 0 amide bonds. The summed E-state index contributed by atoms with van der Waals surface area (Å²) in [4.78, 5) is 24.9. The normalized spacial score (nSPS) is 18.0. The minimum absolute atomic E-state index is 0.808. The van der Waals surface area contributed by atoms with Crippen LogP contribution in [0, 0.1) is 0 Å². The molecule has 2 saturated heterocycles. The molecule has 0 radical (unpaired) electrons. The Morgan fingerprint density at radius 3 is 2.54 bits per heavy atom. The second kappa shape index (κ2) is 9.18. The smallest absolute Gasteiger partial charge is 0.225 e. The van der Waals surface area contributed by atoms with Crippen molar-refractivity contribution in [1.29, 1.82) is 0 Å². The van der Waals surface area contributed by atoms with Gasteiger partial charge in [-0.3, -0.25) is 4.99 Å². The molecule has 28 heavy (non-hydrogen) atoms. The van der Waals surface area contributed by atoms with E-state index in [1.807, 2.05) is 13.1 Å². The van der Waals surface area contributed by atoms with Crippen LogP contribution >= 0.6 is 11.3 Å². The maximum atomic E-state index is 4.80. The molecular weight excluding hydrogens is 372 g/mol. The van der Waals surface area contributed by atoms with E-state index >= 15 is 0 Å². The van der Waals surface area contributed by atoms with E-state index in [-0.39, 0.29) is 0 Å². The quantitative estimate of drug-likeness (QED) is 0.602. The highest BCUT2D eigenvalue weighted by molar-refractivity contribution is 7.13. The van der Waals surface area contributed by atoms with Crippen molar-refractivity contribution in [2.45, 2.75) is 19.3 Å². The summed E-state index contributed by atoms with van der Waals surface area (Å²) in [5.41, 5.74) is 1.17. The van der Waals surface area contributed by atoms with E-state index in [0.717, 1.165) is 64.1 Å². The Kier molecular flexibility index (Phi) is 6.20. The van der Waals surface area contributed by atoms with Crippen molar-refractivity contribution in [3.05, 3.63) is 29.5 Å². The van der Waals surface area contributed by atoms with E-state index in [2.05, 4.69) is 40.4 Å². The van der Waals surface area contributed by atoms with Gasteiger partial charge in [-0.1, -0.05) is 0 Å². The van der Waals surface area contributed by atoms with E-state index < -0.39 is 0 Å². The molecule has 0 aromatic carbocycles. The van der Waals surface area contributed by atoms with Gasteiger partial charge in [0.2, 0.25) is 5.95 Å². The molecule has 2 aliphatic rings. The van der Waals surface area contributed by atoms with Gasteiger partial charge in [-0.25, -0.2) is 15.0 Å². The number of aliphatic imine (C=N–C) groups is 1. The van der Waals surface area contributed by atoms with E-state index in [0.29, 0.717) is 0 Å². The van der Waals surface area contributed by atoms with Crippen LogP contribution in [0.25, 0.3) is 0 Å². The number of hydrogen-bond donors (Lipinski definition) is 1. The van der Waals surface area contributed by atoms with Crippen molar-refractivity contribution >= 4 is 28.4 Å². The van der Waals surface area contributed by atoms with Gasteiger partial charge in [0.25, 0.3) is 0 Å². The SMILES string of the molecule is CN=C(NCCc1csc(N2CCCC2)n1)N1CCN(c2ncccn2)CC1. The fourth-order valence-corrected chi connectivity index (χ4v) is 4.59. The lowest BCUT2D eigenvalue weighted by Gasteiger charge is -2.36. The Bertz CT molecular complexity index is 763. The third-order valence-electron chi connectivity index (χ3n) is 5.21. The van der Waals surface area contributed by atoms with Crippen molar-refractivity contribution in [1.82, 2.24) is 25.2 Å². The minimum Gasteiger partial charge on any atom is -0.356 e. The van der Waals surface area contributed by atoms with Crippen LogP contribution in [0.4, 0.5) is 11.1 Å². The fourth-order valence-electron chi connectivity index (χ4n) is 3.67. The summed E-state index contributed by atoms with van der Waals surface area (Å²) >= 11 is 1.77. The van der Waals surface area contributed by atoms with Gasteiger partial charge >= 0.3 is 0 Å². The monoisotopic (exact) mass is 400 g/mol. The van der Waals surface area contributed by atoms with Crippen LogP contribution in [0.2, 0.25) is 0 Å². The highest BCUT2D eigenvalue weighted by Crippen LogP contribution is 2.24. The molecule has 0 saturated carbocycles. The zero-order valence-corrected chi connectivity index (χ0v) is 17.2. The van der Waals surface area contributed by atoms with Gasteiger partial charge in [-0.05, 0) is 18.9 Å². The molecule has 150 valence electrons. The Hall–Kier alpha value is -2.42. The van der Waals surface area contributed by atoms with E-state index in [4.69, 9.17) is 4.98 Å². The molecule has 2 fully saturated rings. The Morgan fingerprint density at radius 1 is 1.07 bits per heavy atom. The molecule has 1 N–H and O–H groups in total. The lowest BCUT2D eigenvalue weighted by molar-refractivity contribution is 0.370. The van der Waals surface area contributed by atoms with E-state index in [1.165, 1.54) is 23.7 Å². The third-order valence-corrected chi connectivity index (χ3v) is 6.16. The Morgan fingerprint density at radius 2 is 1.82 bits per heavy atom. The van der Waals surface area contributed by atoms with Gasteiger partial charge in [-0.2, -0.15) is 0 Å². The number of guanidine groups is 1. The van der Waals surface area contributed by atoms with Gasteiger partial charge in [0.15, 0.2) is 11.1 Å². The van der Waals surface area contributed by atoms with Crippen molar-refractivity contribution in [3.63, 3.8) is 0 Å². The number of piperazine rings is 1. The van der Waals surface area contributed by atoms with Crippen LogP contribution in [-0.2, 0) is 6.42 Å². The highest BCUT2D eigenvalue weighted by Gasteiger charge is 2.21. The molecule has 2 aromatic rings. The number of hydrogen-bond acceptors (Lipinski definition) is 7. The maximum Gasteiger partial charge on any atom is 0.225 e. The largest absolute Gasteiger partial charge is 0.356 e. The van der Waals surface area contributed by atoms with Gasteiger partial charge in [0.1, 0.15) is 0 Å². The van der Waals surface area contributed by atoms with Gasteiger partial charge < -0.3 is 20.0 Å². The first-order chi connectivity index (χ1) is 13.8. The summed E-state index contributed by atoms with van der Waals surface area (Å²) in [6.07, 6.45) is 7.08. The Labute approximate surface area is 170 Å². The topological polar surface area (TPSA) is 72.8 Å². The summed E-state index contributed by atoms with van der Waals surface area (Å²) in [6.45, 7) is 6.76. The number of thiazole rings is 1. The number of nitrogens with zero attached hydrogens (tertiary/aromatic N) is 7. The molecule has 4 heterocycles. The molecule has 4 rings (SSSR count).